The number of nitrogens with one attached hydrogen (secondary N) is 8. The number of hydrogen-bond donors (Lipinski definition) is 8. The Labute approximate surface area is 511 Å². The summed E-state index contributed by atoms with van der Waals surface area (Å²) in [5, 5.41) is 12.9. The van der Waals surface area contributed by atoms with Gasteiger partial charge in [-0.3, -0.25) is 14.4 Å². The predicted octanol–water partition coefficient (Wildman–Crippen LogP) is 11.7. The number of halogens is 14. The second kappa shape index (κ2) is 26.0. The molecule has 35 heteroatoms. The maximum Gasteiger partial charge on any atom is 0.405 e. The van der Waals surface area contributed by atoms with Gasteiger partial charge in [0, 0.05) is 84.2 Å². The van der Waals surface area contributed by atoms with Crippen molar-refractivity contribution in [2.45, 2.75) is 75.7 Å². The highest BCUT2D eigenvalue weighted by Gasteiger charge is 2.49. The molecular weight excluding hydrogens is 1240 g/mol. The van der Waals surface area contributed by atoms with Crippen LogP contribution in [0.15, 0.2) is 104 Å². The van der Waals surface area contributed by atoms with E-state index >= 15 is 0 Å². The van der Waals surface area contributed by atoms with Gasteiger partial charge in [0.05, 0.1) is 30.7 Å². The van der Waals surface area contributed by atoms with Gasteiger partial charge < -0.3 is 46.4 Å². The first-order chi connectivity index (χ1) is 42.8. The Bertz CT molecular complexity index is 4320. The minimum atomic E-state index is -4.68. The molecule has 0 spiro atoms. The molecular formula is C56H60F14N18O3. The van der Waals surface area contributed by atoms with Crippen molar-refractivity contribution < 1.29 is 84.4 Å². The number of benzene rings is 1. The number of alkyl halides is 11. The third-order valence-electron chi connectivity index (χ3n) is 13.4. The number of pyridine rings is 3. The number of aromatic nitrogens is 12. The molecule has 1 aromatic carbocycles. The van der Waals surface area contributed by atoms with Crippen molar-refractivity contribution >= 4 is 79.2 Å². The molecule has 11 rings (SSSR count). The number of para-hydroxylation sites is 1. The van der Waals surface area contributed by atoms with Crippen LogP contribution in [0.3, 0.4) is 0 Å². The van der Waals surface area contributed by atoms with E-state index in [1.54, 1.807) is 48.9 Å². The summed E-state index contributed by atoms with van der Waals surface area (Å²) >= 11 is 0. The highest BCUT2D eigenvalue weighted by molar-refractivity contribution is 5.98. The molecule has 10 heterocycles. The van der Waals surface area contributed by atoms with E-state index in [2.05, 4.69) is 70.4 Å². The Morgan fingerprint density at radius 3 is 1.66 bits per heavy atom. The summed E-state index contributed by atoms with van der Waals surface area (Å²) in [4.78, 5) is 83.7. The summed E-state index contributed by atoms with van der Waals surface area (Å²) in [7, 11) is 0. The first kappa shape index (κ1) is 65.1. The quantitative estimate of drug-likeness (QED) is 0.0443. The van der Waals surface area contributed by atoms with Crippen LogP contribution in [0.2, 0.25) is 0 Å². The van der Waals surface area contributed by atoms with Gasteiger partial charge in [0.15, 0.2) is 17.5 Å². The van der Waals surface area contributed by atoms with Crippen molar-refractivity contribution in [2.24, 2.45) is 0 Å². The molecule has 1 fully saturated rings. The SMILES string of the molecule is CC(C)(Nc1nc(-c2c[nH]c3ncc(F)cc23)nc2ccccc12)C(=O)NCC(F)(F)F.CC[C@@H](Nc1ccnc(-c2c[nH]c3ncc(F)cc23)n1)C(=O)NCC(F)(F)F.O=C(NCC(F)(F)F)[C@H]1CC(F)(F)CN1c1ccnc(-c2c[nH]c3ncc(F)cc23)n1.[HH].[HH].[HH].[HH].[HH].[HH]. The lowest BCUT2D eigenvalue weighted by atomic mass is 10.0. The van der Waals surface area contributed by atoms with E-state index in [9.17, 15) is 75.8 Å². The highest BCUT2D eigenvalue weighted by atomic mass is 19.4. The first-order valence-electron chi connectivity index (χ1n) is 26.9. The average Bonchev–Trinajstić information content (AvgIpc) is 1.75. The lowest BCUT2D eigenvalue weighted by Crippen LogP contribution is -2.50. The molecule has 0 unspecified atom stereocenters. The van der Waals surface area contributed by atoms with Crippen molar-refractivity contribution in [3.05, 3.63) is 122 Å². The van der Waals surface area contributed by atoms with Crippen molar-refractivity contribution in [2.75, 3.05) is 41.7 Å². The van der Waals surface area contributed by atoms with Crippen molar-refractivity contribution in [1.82, 2.24) is 75.8 Å². The van der Waals surface area contributed by atoms with Gasteiger partial charge >= 0.3 is 18.5 Å². The fourth-order valence-corrected chi connectivity index (χ4v) is 9.18. The molecule has 1 saturated heterocycles. The number of aromatic amines is 3. The topological polar surface area (TPSA) is 278 Å². The van der Waals surface area contributed by atoms with Gasteiger partial charge in [-0.2, -0.15) is 39.5 Å². The van der Waals surface area contributed by atoms with Crippen LogP contribution in [-0.4, -0.2) is 146 Å². The van der Waals surface area contributed by atoms with E-state index in [1.165, 1.54) is 62.8 Å². The number of amides is 3. The van der Waals surface area contributed by atoms with Crippen LogP contribution in [0, 0.1) is 17.5 Å². The summed E-state index contributed by atoms with van der Waals surface area (Å²) < 4.78 is 181. The standard InChI is InChI=1S/C21H18F4N6O.C18H14F6N6O.C17H16F4N6O.6H2/c1-20(2,19(32)28-10-21(23,24)25)31-18-12-5-3-4-6-15(12)29-17(30-18)14-9-27-16-13(14)7-11(22)8-26-16;19-9-3-10-11(6-27-14(10)26-5-9)15-25-2-1-13(29-15)30-8-17(20,21)4-12(30)16(31)28-7-18(22,23)24;1-2-12(16(28)25-8-17(19,20)21)26-13-3-4-22-15(27-13)11-7-24-14-10(11)5-9(18)6-23-14;;;;;;/h3-9H,10H2,1-2H3,(H,26,27)(H,28,32)(H,29,30,31);1-3,5-6,12H,4,7-8H2,(H,26,27)(H,28,31);3-7,12H,2,8H2,1H3,(H,23,24)(H,25,28)(H,22,26,27);6*1H/t;2*12-;;;;;;/m.11....../s1. The van der Waals surface area contributed by atoms with Crippen LogP contribution in [-0.2, 0) is 14.4 Å². The van der Waals surface area contributed by atoms with Crippen molar-refractivity contribution in [3.63, 3.8) is 0 Å². The van der Waals surface area contributed by atoms with Gasteiger partial charge in [-0.1, -0.05) is 19.1 Å². The van der Waals surface area contributed by atoms with E-state index in [0.29, 0.717) is 60.7 Å². The summed E-state index contributed by atoms with van der Waals surface area (Å²) in [5.41, 5.74) is 1.69. The van der Waals surface area contributed by atoms with Crippen LogP contribution in [0.5, 0.6) is 0 Å². The predicted molar refractivity (Wildman–Crippen MR) is 315 cm³/mol. The molecule has 490 valence electrons. The summed E-state index contributed by atoms with van der Waals surface area (Å²) in [6.07, 6.45) is -3.94. The monoisotopic (exact) mass is 1300 g/mol. The zero-order chi connectivity index (χ0) is 65.8. The molecule has 21 nitrogen and oxygen atoms in total. The number of nitrogens with zero attached hydrogens (tertiary/aromatic N) is 10. The fraction of sp³-hybridized carbons (Fsp3) is 0.286. The molecule has 0 saturated carbocycles. The summed E-state index contributed by atoms with van der Waals surface area (Å²) in [5.74, 6) is -6.85. The summed E-state index contributed by atoms with van der Waals surface area (Å²) in [6, 6.07) is 11.0. The van der Waals surface area contributed by atoms with Crippen LogP contribution in [0.4, 0.5) is 78.9 Å². The van der Waals surface area contributed by atoms with Crippen molar-refractivity contribution in [3.8, 4) is 34.2 Å². The van der Waals surface area contributed by atoms with E-state index in [4.69, 9.17) is 0 Å². The van der Waals surface area contributed by atoms with Crippen LogP contribution >= 0.6 is 0 Å². The Morgan fingerprint density at radius 2 is 1.12 bits per heavy atom. The number of rotatable bonds is 15. The van der Waals surface area contributed by atoms with Gasteiger partial charge in [-0.15, -0.1) is 0 Å². The Hall–Kier alpha value is -10.4. The summed E-state index contributed by atoms with van der Waals surface area (Å²) in [6.45, 7) is -0.850. The maximum absolute atomic E-state index is 14.0. The molecule has 3 amide bonds. The van der Waals surface area contributed by atoms with Gasteiger partial charge in [0.25, 0.3) is 5.92 Å². The second-order valence-corrected chi connectivity index (χ2v) is 20.7. The number of carbonyl (C=O) groups is 3. The number of H-pyrrole nitrogens is 3. The van der Waals surface area contributed by atoms with Crippen molar-refractivity contribution in [1.29, 1.82) is 0 Å². The largest absolute Gasteiger partial charge is 0.405 e. The highest BCUT2D eigenvalue weighted by Crippen LogP contribution is 2.37. The second-order valence-electron chi connectivity index (χ2n) is 20.7. The van der Waals surface area contributed by atoms with E-state index in [0.717, 1.165) is 23.5 Å². The molecule has 10 aromatic rings. The normalized spacial score (nSPS) is 14.6. The molecule has 0 bridgehead atoms. The molecule has 1 aliphatic rings. The van der Waals surface area contributed by atoms with Crippen LogP contribution < -0.4 is 31.5 Å². The first-order valence-corrected chi connectivity index (χ1v) is 26.9. The van der Waals surface area contributed by atoms with E-state index in [1.807, 2.05) is 10.6 Å². The average molecular weight is 1300 g/mol. The zero-order valence-electron chi connectivity index (χ0n) is 47.2. The minimum Gasteiger partial charge on any atom is -0.358 e. The third-order valence-corrected chi connectivity index (χ3v) is 13.4. The van der Waals surface area contributed by atoms with E-state index in [-0.39, 0.29) is 49.9 Å². The number of hydrogen-bond acceptors (Lipinski definition) is 15. The van der Waals surface area contributed by atoms with Gasteiger partial charge in [0.1, 0.15) is 89.1 Å². The molecule has 91 heavy (non-hydrogen) atoms. The molecule has 0 aliphatic carbocycles. The number of anilines is 3. The molecule has 1 aliphatic heterocycles. The third kappa shape index (κ3) is 16.3. The number of fused-ring (bicyclic) bond motifs is 4. The lowest BCUT2D eigenvalue weighted by Gasteiger charge is -2.26. The van der Waals surface area contributed by atoms with E-state index < -0.39 is 110 Å². The Morgan fingerprint density at radius 1 is 0.626 bits per heavy atom. The van der Waals surface area contributed by atoms with Gasteiger partial charge in [-0.25, -0.2) is 66.8 Å². The van der Waals surface area contributed by atoms with Gasteiger partial charge in [-0.05, 0) is 62.7 Å². The Kier molecular flexibility index (Phi) is 18.6. The molecule has 9 aromatic heterocycles. The van der Waals surface area contributed by atoms with Crippen LogP contribution in [0.25, 0.3) is 78.2 Å². The molecule has 8 N–H and O–H groups in total. The van der Waals surface area contributed by atoms with Crippen LogP contribution in [0.1, 0.15) is 42.2 Å². The lowest BCUT2D eigenvalue weighted by molar-refractivity contribution is -0.140. The maximum atomic E-state index is 14.0. The fourth-order valence-electron chi connectivity index (χ4n) is 9.18. The Balaban J connectivity index is 0.000000368. The number of carbonyl (C=O) groups excluding carboxylic acids is 3. The zero-order valence-corrected chi connectivity index (χ0v) is 47.2. The van der Waals surface area contributed by atoms with Gasteiger partial charge in [0.2, 0.25) is 17.7 Å². The molecule has 0 radical (unpaired) electrons. The molecule has 2 atom stereocenters. The smallest absolute Gasteiger partial charge is 0.358 e. The minimum absolute atomic E-state index is 0.